The van der Waals surface area contributed by atoms with Gasteiger partial charge in [-0.05, 0) is 13.8 Å². The van der Waals surface area contributed by atoms with E-state index in [0.717, 1.165) is 0 Å². The molecule has 0 saturated heterocycles. The first-order chi connectivity index (χ1) is 6.00. The van der Waals surface area contributed by atoms with Crippen molar-refractivity contribution in [1.29, 1.82) is 0 Å². The van der Waals surface area contributed by atoms with Crippen LogP contribution in [-0.4, -0.2) is 21.0 Å². The van der Waals surface area contributed by atoms with Crippen LogP contribution in [-0.2, 0) is 0 Å². The van der Waals surface area contributed by atoms with Gasteiger partial charge in [0.1, 0.15) is 5.15 Å². The molecule has 72 valence electrons. The average Bonchev–Trinajstić information content (AvgIpc) is 1.98. The zero-order chi connectivity index (χ0) is 10.0. The molecule has 1 aromatic rings. The summed E-state index contributed by atoms with van der Waals surface area (Å²) in [7, 11) is 0. The number of hydrogen-bond donors (Lipinski definition) is 2. The number of nitrogens with zero attached hydrogens (tertiary/aromatic N) is 3. The van der Waals surface area contributed by atoms with Crippen LogP contribution in [0.3, 0.4) is 0 Å². The Bertz CT molecular complexity index is 371. The average molecular weight is 203 g/mol. The normalized spacial score (nSPS) is 12.5. The third-order valence-corrected chi connectivity index (χ3v) is 1.49. The fraction of sp³-hybridized carbons (Fsp3) is 0.429. The van der Waals surface area contributed by atoms with Gasteiger partial charge in [-0.15, -0.1) is 4.73 Å². The van der Waals surface area contributed by atoms with Crippen molar-refractivity contribution in [2.24, 2.45) is 4.99 Å². The van der Waals surface area contributed by atoms with Gasteiger partial charge >= 0.3 is 0 Å². The zero-order valence-corrected chi connectivity index (χ0v) is 8.15. The van der Waals surface area contributed by atoms with E-state index in [4.69, 9.17) is 17.3 Å². The summed E-state index contributed by atoms with van der Waals surface area (Å²) in [4.78, 5) is 7.73. The van der Waals surface area contributed by atoms with Crippen molar-refractivity contribution in [2.75, 3.05) is 5.73 Å². The Morgan fingerprint density at radius 1 is 1.69 bits per heavy atom. The monoisotopic (exact) mass is 202 g/mol. The van der Waals surface area contributed by atoms with E-state index in [1.54, 1.807) is 0 Å². The summed E-state index contributed by atoms with van der Waals surface area (Å²) in [5.41, 5.74) is 5.65. The molecule has 5 nitrogen and oxygen atoms in total. The molecule has 3 N–H and O–H groups in total. The second-order valence-electron chi connectivity index (χ2n) is 2.83. The van der Waals surface area contributed by atoms with Crippen LogP contribution in [0.4, 0.5) is 5.95 Å². The Hall–Kier alpha value is -1.23. The molecule has 0 aliphatic carbocycles. The van der Waals surface area contributed by atoms with E-state index in [9.17, 15) is 5.21 Å². The molecule has 0 unspecified atom stereocenters. The van der Waals surface area contributed by atoms with E-state index in [1.165, 1.54) is 6.07 Å². The molecule has 6 heteroatoms. The minimum absolute atomic E-state index is 0.0521. The Morgan fingerprint density at radius 2 is 2.31 bits per heavy atom. The van der Waals surface area contributed by atoms with Crippen LogP contribution in [0.1, 0.15) is 13.8 Å². The number of hydrogen-bond acceptors (Lipinski definition) is 4. The molecule has 0 amide bonds. The van der Waals surface area contributed by atoms with Crippen molar-refractivity contribution in [2.45, 2.75) is 19.9 Å². The minimum atomic E-state index is -0.0769. The molecule has 0 aromatic carbocycles. The molecule has 1 heterocycles. The number of anilines is 1. The highest BCUT2D eigenvalue weighted by molar-refractivity contribution is 6.29. The number of aromatic nitrogens is 2. The molecular formula is C7H11ClN4O. The molecule has 1 rings (SSSR count). The van der Waals surface area contributed by atoms with Crippen molar-refractivity contribution < 1.29 is 5.21 Å². The summed E-state index contributed by atoms with van der Waals surface area (Å²) in [6, 6.07) is 1.49. The summed E-state index contributed by atoms with van der Waals surface area (Å²) in [5, 5.41) is 9.56. The SMILES string of the molecule is CC(C)N=c1cc(Cl)nc(N)n1O. The molecule has 0 atom stereocenters. The van der Waals surface area contributed by atoms with E-state index < -0.39 is 0 Å². The van der Waals surface area contributed by atoms with Crippen molar-refractivity contribution in [3.05, 3.63) is 16.7 Å². The summed E-state index contributed by atoms with van der Waals surface area (Å²) >= 11 is 5.63. The van der Waals surface area contributed by atoms with E-state index in [0.29, 0.717) is 10.2 Å². The molecule has 0 spiro atoms. The number of nitrogen functional groups attached to an aromatic ring is 1. The molecular weight excluding hydrogens is 192 g/mol. The minimum Gasteiger partial charge on any atom is -0.423 e. The van der Waals surface area contributed by atoms with Crippen molar-refractivity contribution in [3.8, 4) is 0 Å². The Balaban J connectivity index is 3.37. The third-order valence-electron chi connectivity index (χ3n) is 1.29. The van der Waals surface area contributed by atoms with Gasteiger partial charge in [0.25, 0.3) is 0 Å². The smallest absolute Gasteiger partial charge is 0.237 e. The predicted molar refractivity (Wildman–Crippen MR) is 49.5 cm³/mol. The molecule has 13 heavy (non-hydrogen) atoms. The topological polar surface area (TPSA) is 76.4 Å². The van der Waals surface area contributed by atoms with Crippen LogP contribution in [0.25, 0.3) is 0 Å². The second kappa shape index (κ2) is 3.66. The first-order valence-corrected chi connectivity index (χ1v) is 4.16. The first-order valence-electron chi connectivity index (χ1n) is 3.79. The zero-order valence-electron chi connectivity index (χ0n) is 7.40. The summed E-state index contributed by atoms with van der Waals surface area (Å²) in [5.74, 6) is -0.0769. The quantitative estimate of drug-likeness (QED) is 0.519. The molecule has 0 bridgehead atoms. The van der Waals surface area contributed by atoms with Gasteiger partial charge in [0.05, 0.1) is 0 Å². The standard InChI is InChI=1S/C7H11ClN4O/c1-4(2)10-6-3-5(8)11-7(9)12(6)13/h3-4,13H,1-2H3,(H2,9,11). The lowest BCUT2D eigenvalue weighted by molar-refractivity contribution is 0.174. The van der Waals surface area contributed by atoms with Gasteiger partial charge in [-0.1, -0.05) is 11.6 Å². The maximum Gasteiger partial charge on any atom is 0.237 e. The lowest BCUT2D eigenvalue weighted by atomic mass is 10.4. The second-order valence-corrected chi connectivity index (χ2v) is 3.22. The lowest BCUT2D eigenvalue weighted by Gasteiger charge is -2.03. The summed E-state index contributed by atoms with van der Waals surface area (Å²) in [6.07, 6.45) is 0. The first kappa shape index (κ1) is 9.85. The van der Waals surface area contributed by atoms with Gasteiger partial charge in [-0.3, -0.25) is 4.99 Å². The molecule has 0 aliphatic rings. The molecule has 0 radical (unpaired) electrons. The number of halogens is 1. The Labute approximate surface area is 80.5 Å². The fourth-order valence-corrected chi connectivity index (χ4v) is 1.01. The summed E-state index contributed by atoms with van der Waals surface area (Å²) < 4.78 is 0.700. The Kier molecular flexibility index (Phi) is 2.77. The van der Waals surface area contributed by atoms with Crippen LogP contribution in [0, 0.1) is 0 Å². The largest absolute Gasteiger partial charge is 0.423 e. The summed E-state index contributed by atoms with van der Waals surface area (Å²) in [6.45, 7) is 3.76. The predicted octanol–water partition coefficient (Wildman–Crippen LogP) is 0.665. The van der Waals surface area contributed by atoms with Crippen molar-refractivity contribution in [1.82, 2.24) is 9.71 Å². The third kappa shape index (κ3) is 2.35. The molecule has 0 saturated carbocycles. The van der Waals surface area contributed by atoms with Gasteiger partial charge in [0.2, 0.25) is 5.95 Å². The van der Waals surface area contributed by atoms with Crippen LogP contribution >= 0.6 is 11.6 Å². The van der Waals surface area contributed by atoms with Crippen LogP contribution < -0.4 is 11.2 Å². The van der Waals surface area contributed by atoms with Crippen LogP contribution in [0.2, 0.25) is 5.15 Å². The van der Waals surface area contributed by atoms with E-state index in [-0.39, 0.29) is 17.1 Å². The van der Waals surface area contributed by atoms with Gasteiger partial charge in [0.15, 0.2) is 5.49 Å². The maximum atomic E-state index is 9.35. The van der Waals surface area contributed by atoms with Gasteiger partial charge in [-0.2, -0.15) is 0 Å². The number of nitrogens with two attached hydrogens (primary N) is 1. The molecule has 0 fully saturated rings. The fourth-order valence-electron chi connectivity index (χ4n) is 0.831. The molecule has 1 aromatic heterocycles. The highest BCUT2D eigenvalue weighted by Gasteiger charge is 2.00. The van der Waals surface area contributed by atoms with E-state index in [2.05, 4.69) is 9.98 Å². The van der Waals surface area contributed by atoms with Gasteiger partial charge < -0.3 is 10.9 Å². The van der Waals surface area contributed by atoms with Gasteiger partial charge in [-0.25, -0.2) is 4.98 Å². The van der Waals surface area contributed by atoms with Crippen LogP contribution in [0.5, 0.6) is 0 Å². The van der Waals surface area contributed by atoms with E-state index >= 15 is 0 Å². The highest BCUT2D eigenvalue weighted by atomic mass is 35.5. The number of rotatable bonds is 1. The molecule has 0 aliphatic heterocycles. The van der Waals surface area contributed by atoms with Crippen molar-refractivity contribution >= 4 is 17.5 Å². The van der Waals surface area contributed by atoms with Crippen molar-refractivity contribution in [3.63, 3.8) is 0 Å². The van der Waals surface area contributed by atoms with E-state index in [1.807, 2.05) is 13.8 Å². The Morgan fingerprint density at radius 3 is 2.85 bits per heavy atom. The lowest BCUT2D eigenvalue weighted by Crippen LogP contribution is -2.24. The maximum absolute atomic E-state index is 9.35. The van der Waals surface area contributed by atoms with Gasteiger partial charge in [0, 0.05) is 12.1 Å². The van der Waals surface area contributed by atoms with Crippen LogP contribution in [0.15, 0.2) is 11.1 Å². The highest BCUT2D eigenvalue weighted by Crippen LogP contribution is 2.01.